The molecule has 0 aliphatic carbocycles. The number of carbonyl (C=O) groups excluding carboxylic acids is 1. The minimum Gasteiger partial charge on any atom is -0.494 e. The van der Waals surface area contributed by atoms with Gasteiger partial charge in [0.15, 0.2) is 11.6 Å². The van der Waals surface area contributed by atoms with Gasteiger partial charge in [0.1, 0.15) is 5.69 Å². The maximum atomic E-state index is 13.6. The van der Waals surface area contributed by atoms with E-state index in [1.54, 1.807) is 37.3 Å². The zero-order chi connectivity index (χ0) is 18.0. The molecular formula is C18H16ClFN2O3. The van der Waals surface area contributed by atoms with Gasteiger partial charge < -0.3 is 19.8 Å². The van der Waals surface area contributed by atoms with Gasteiger partial charge in [0.05, 0.1) is 13.7 Å². The number of esters is 1. The lowest BCUT2D eigenvalue weighted by Gasteiger charge is -2.10. The van der Waals surface area contributed by atoms with Crippen LogP contribution in [0.4, 0.5) is 15.8 Å². The molecular weight excluding hydrogens is 347 g/mol. The maximum absolute atomic E-state index is 13.6. The van der Waals surface area contributed by atoms with Crippen LogP contribution in [-0.2, 0) is 4.74 Å². The molecule has 0 radical (unpaired) electrons. The van der Waals surface area contributed by atoms with Crippen LogP contribution in [0, 0.1) is 5.82 Å². The van der Waals surface area contributed by atoms with Crippen LogP contribution in [0.5, 0.6) is 5.75 Å². The number of methoxy groups -OCH3 is 1. The third-order valence-electron chi connectivity index (χ3n) is 3.63. The van der Waals surface area contributed by atoms with Crippen LogP contribution in [0.1, 0.15) is 17.4 Å². The highest BCUT2D eigenvalue weighted by atomic mass is 35.5. The first-order chi connectivity index (χ1) is 12.0. The van der Waals surface area contributed by atoms with Gasteiger partial charge in [-0.1, -0.05) is 11.6 Å². The van der Waals surface area contributed by atoms with Crippen LogP contribution < -0.4 is 10.1 Å². The Kier molecular flexibility index (Phi) is 4.81. The number of benzene rings is 2. The van der Waals surface area contributed by atoms with E-state index in [0.717, 1.165) is 5.39 Å². The standard InChI is InChI=1S/C18H16ClFN2O3/c1-3-25-18(23)16-9-12-14(6-10(19)7-15(12)22-16)21-11-4-5-13(20)17(8-11)24-2/h4-9,21-22H,3H2,1-2H3. The maximum Gasteiger partial charge on any atom is 0.354 e. The Morgan fingerprint density at radius 2 is 2.08 bits per heavy atom. The van der Waals surface area contributed by atoms with Crippen LogP contribution in [-0.4, -0.2) is 24.7 Å². The summed E-state index contributed by atoms with van der Waals surface area (Å²) in [6, 6.07) is 9.57. The van der Waals surface area contributed by atoms with E-state index < -0.39 is 11.8 Å². The molecule has 3 rings (SSSR count). The summed E-state index contributed by atoms with van der Waals surface area (Å²) in [4.78, 5) is 14.9. The highest BCUT2D eigenvalue weighted by Gasteiger charge is 2.14. The topological polar surface area (TPSA) is 63.4 Å². The summed E-state index contributed by atoms with van der Waals surface area (Å²) in [6.07, 6.45) is 0. The molecule has 0 unspecified atom stereocenters. The predicted octanol–water partition coefficient (Wildman–Crippen LogP) is 4.89. The quantitative estimate of drug-likeness (QED) is 0.634. The Bertz CT molecular complexity index is 939. The average molecular weight is 363 g/mol. The summed E-state index contributed by atoms with van der Waals surface area (Å²) in [5, 5.41) is 4.42. The zero-order valence-corrected chi connectivity index (χ0v) is 14.4. The van der Waals surface area contributed by atoms with E-state index in [9.17, 15) is 9.18 Å². The Labute approximate surface area is 148 Å². The average Bonchev–Trinajstić information content (AvgIpc) is 3.01. The van der Waals surface area contributed by atoms with E-state index in [0.29, 0.717) is 27.6 Å². The highest BCUT2D eigenvalue weighted by Crippen LogP contribution is 2.32. The summed E-state index contributed by atoms with van der Waals surface area (Å²) in [5.41, 5.74) is 2.31. The van der Waals surface area contributed by atoms with Crippen LogP contribution >= 0.6 is 11.6 Å². The smallest absolute Gasteiger partial charge is 0.354 e. The Balaban J connectivity index is 2.02. The molecule has 1 heterocycles. The summed E-state index contributed by atoms with van der Waals surface area (Å²) in [6.45, 7) is 2.03. The van der Waals surface area contributed by atoms with Gasteiger partial charge in [-0.25, -0.2) is 9.18 Å². The van der Waals surface area contributed by atoms with Crippen molar-refractivity contribution >= 4 is 39.8 Å². The Hall–Kier alpha value is -2.73. The Morgan fingerprint density at radius 3 is 2.80 bits per heavy atom. The van der Waals surface area contributed by atoms with Gasteiger partial charge in [-0.2, -0.15) is 0 Å². The SMILES string of the molecule is CCOC(=O)c1cc2c(Nc3ccc(F)c(OC)c3)cc(Cl)cc2[nH]1. The molecule has 0 atom stereocenters. The normalized spacial score (nSPS) is 10.7. The Morgan fingerprint density at radius 1 is 1.28 bits per heavy atom. The van der Waals surface area contributed by atoms with Crippen molar-refractivity contribution in [3.63, 3.8) is 0 Å². The summed E-state index contributed by atoms with van der Waals surface area (Å²) >= 11 is 6.16. The van der Waals surface area contributed by atoms with Crippen molar-refractivity contribution in [1.82, 2.24) is 4.98 Å². The summed E-state index contributed by atoms with van der Waals surface area (Å²) in [5.74, 6) is -0.760. The number of nitrogens with one attached hydrogen (secondary N) is 2. The second kappa shape index (κ2) is 7.03. The predicted molar refractivity (Wildman–Crippen MR) is 95.5 cm³/mol. The molecule has 0 saturated heterocycles. The van der Waals surface area contributed by atoms with Gasteiger partial charge in [0, 0.05) is 33.4 Å². The van der Waals surface area contributed by atoms with Gasteiger partial charge in [-0.05, 0) is 37.3 Å². The zero-order valence-electron chi connectivity index (χ0n) is 13.7. The molecule has 3 aromatic rings. The second-order valence-electron chi connectivity index (χ2n) is 5.29. The number of carbonyl (C=O) groups is 1. The monoisotopic (exact) mass is 362 g/mol. The number of hydrogen-bond acceptors (Lipinski definition) is 4. The van der Waals surface area contributed by atoms with Crippen molar-refractivity contribution in [3.05, 3.63) is 52.9 Å². The lowest BCUT2D eigenvalue weighted by atomic mass is 10.2. The molecule has 1 aromatic heterocycles. The molecule has 25 heavy (non-hydrogen) atoms. The van der Waals surface area contributed by atoms with Crippen LogP contribution in [0.3, 0.4) is 0 Å². The molecule has 2 N–H and O–H groups in total. The van der Waals surface area contributed by atoms with Gasteiger partial charge in [0.2, 0.25) is 0 Å². The number of anilines is 2. The third kappa shape index (κ3) is 3.53. The molecule has 0 aliphatic rings. The molecule has 0 aliphatic heterocycles. The molecule has 7 heteroatoms. The molecule has 0 saturated carbocycles. The number of fused-ring (bicyclic) bond motifs is 1. The van der Waals surface area contributed by atoms with Gasteiger partial charge in [-0.3, -0.25) is 0 Å². The van der Waals surface area contributed by atoms with Gasteiger partial charge in [-0.15, -0.1) is 0 Å². The molecule has 0 amide bonds. The van der Waals surface area contributed by atoms with E-state index in [1.807, 2.05) is 0 Å². The van der Waals surface area contributed by atoms with Crippen molar-refractivity contribution in [3.8, 4) is 5.75 Å². The lowest BCUT2D eigenvalue weighted by molar-refractivity contribution is 0.0520. The number of aromatic nitrogens is 1. The molecule has 5 nitrogen and oxygen atoms in total. The molecule has 130 valence electrons. The van der Waals surface area contributed by atoms with E-state index in [4.69, 9.17) is 21.1 Å². The number of halogens is 2. The van der Waals surface area contributed by atoms with Crippen molar-refractivity contribution in [1.29, 1.82) is 0 Å². The minimum atomic E-state index is -0.449. The number of rotatable bonds is 5. The van der Waals surface area contributed by atoms with Crippen molar-refractivity contribution < 1.29 is 18.7 Å². The molecule has 0 fully saturated rings. The third-order valence-corrected chi connectivity index (χ3v) is 3.85. The molecule has 0 spiro atoms. The van der Waals surface area contributed by atoms with Crippen molar-refractivity contribution in [2.24, 2.45) is 0 Å². The number of aromatic amines is 1. The van der Waals surface area contributed by atoms with Gasteiger partial charge >= 0.3 is 5.97 Å². The first-order valence-electron chi connectivity index (χ1n) is 7.61. The van der Waals surface area contributed by atoms with Crippen LogP contribution in [0.15, 0.2) is 36.4 Å². The van der Waals surface area contributed by atoms with E-state index in [-0.39, 0.29) is 12.4 Å². The van der Waals surface area contributed by atoms with Crippen molar-refractivity contribution in [2.75, 3.05) is 19.0 Å². The fraction of sp³-hybridized carbons (Fsp3) is 0.167. The number of ether oxygens (including phenoxy) is 2. The van der Waals surface area contributed by atoms with E-state index in [1.165, 1.54) is 13.2 Å². The molecule has 0 bridgehead atoms. The van der Waals surface area contributed by atoms with Crippen molar-refractivity contribution in [2.45, 2.75) is 6.92 Å². The second-order valence-corrected chi connectivity index (χ2v) is 5.73. The van der Waals surface area contributed by atoms with E-state index >= 15 is 0 Å². The van der Waals surface area contributed by atoms with E-state index in [2.05, 4.69) is 10.3 Å². The first kappa shape index (κ1) is 17.1. The molecule has 2 aromatic carbocycles. The largest absolute Gasteiger partial charge is 0.494 e. The summed E-state index contributed by atoms with van der Waals surface area (Å²) < 4.78 is 23.6. The number of hydrogen-bond donors (Lipinski definition) is 2. The fourth-order valence-corrected chi connectivity index (χ4v) is 2.74. The highest BCUT2D eigenvalue weighted by molar-refractivity contribution is 6.32. The minimum absolute atomic E-state index is 0.129. The fourth-order valence-electron chi connectivity index (χ4n) is 2.52. The number of H-pyrrole nitrogens is 1. The van der Waals surface area contributed by atoms with Gasteiger partial charge in [0.25, 0.3) is 0 Å². The summed E-state index contributed by atoms with van der Waals surface area (Å²) in [7, 11) is 1.40. The van der Waals surface area contributed by atoms with Crippen LogP contribution in [0.25, 0.3) is 10.9 Å². The van der Waals surface area contributed by atoms with Crippen LogP contribution in [0.2, 0.25) is 5.02 Å². The lowest BCUT2D eigenvalue weighted by Crippen LogP contribution is -2.04. The first-order valence-corrected chi connectivity index (χ1v) is 7.99.